The Hall–Kier alpha value is -7.74. The number of fused-ring (bicyclic) bond motifs is 13. The van der Waals surface area contributed by atoms with Crippen LogP contribution in [0.15, 0.2) is 218 Å². The predicted octanol–water partition coefficient (Wildman–Crippen LogP) is 18.2. The van der Waals surface area contributed by atoms with Gasteiger partial charge >= 0.3 is 0 Å². The van der Waals surface area contributed by atoms with Crippen LogP contribution in [0.5, 0.6) is 0 Å². The lowest BCUT2D eigenvalue weighted by Crippen LogP contribution is -2.27. The molecule has 4 aliphatic rings. The van der Waals surface area contributed by atoms with Gasteiger partial charge in [-0.1, -0.05) is 204 Å². The third-order valence-electron chi connectivity index (χ3n) is 16.4. The molecule has 0 bridgehead atoms. The Morgan fingerprint density at radius 3 is 1.48 bits per heavy atom. The number of nitrogens with zero attached hydrogens (tertiary/aromatic N) is 1. The summed E-state index contributed by atoms with van der Waals surface area (Å²) in [5.74, 6) is 0. The van der Waals surface area contributed by atoms with Gasteiger partial charge in [-0.25, -0.2) is 0 Å². The molecule has 4 aliphatic carbocycles. The predicted molar refractivity (Wildman–Crippen MR) is 291 cm³/mol. The Balaban J connectivity index is 1.07. The van der Waals surface area contributed by atoms with E-state index in [9.17, 15) is 0 Å². The van der Waals surface area contributed by atoms with E-state index in [1.807, 2.05) is 0 Å². The molecule has 1 atom stereocenters. The first-order valence-corrected chi connectivity index (χ1v) is 24.9. The minimum atomic E-state index is -0.509. The van der Waals surface area contributed by atoms with Crippen molar-refractivity contribution in [1.82, 2.24) is 0 Å². The highest BCUT2D eigenvalue weighted by molar-refractivity contribution is 6.02. The van der Waals surface area contributed by atoms with Crippen molar-refractivity contribution in [3.05, 3.63) is 262 Å². The van der Waals surface area contributed by atoms with Gasteiger partial charge in [-0.05, 0) is 162 Å². The van der Waals surface area contributed by atoms with E-state index < -0.39 is 5.41 Å². The molecule has 9 aromatic rings. The SMILES string of the molecule is C/C=C\C1=C(CC)c2ccc(-c3ccccc3)cc2C12c1ccccc1-c1c(N(c3ccc4c(c3)C(C)(C)c3ccccc3-4)c3ccc4c(c3)C(C)(C)c3cc(-c5ccccc5)ccc3-4)cccc12. The lowest BCUT2D eigenvalue weighted by Gasteiger charge is -2.33. The summed E-state index contributed by atoms with van der Waals surface area (Å²) in [5.41, 5.74) is 29.2. The first-order valence-electron chi connectivity index (χ1n) is 24.9. The highest BCUT2D eigenvalue weighted by Crippen LogP contribution is 2.65. The van der Waals surface area contributed by atoms with Gasteiger partial charge in [0, 0.05) is 27.8 Å². The molecule has 1 nitrogen and oxygen atoms in total. The summed E-state index contributed by atoms with van der Waals surface area (Å²) in [6.45, 7) is 14.1. The molecule has 0 radical (unpaired) electrons. The van der Waals surface area contributed by atoms with Crippen LogP contribution in [0, 0.1) is 0 Å². The Morgan fingerprint density at radius 2 is 0.870 bits per heavy atom. The number of benzene rings is 9. The number of hydrogen-bond acceptors (Lipinski definition) is 1. The van der Waals surface area contributed by atoms with Crippen LogP contribution in [-0.4, -0.2) is 0 Å². The fraction of sp³-hybridized carbons (Fsp3) is 0.147. The molecule has 1 heteroatoms. The standard InChI is InChI=1S/C68H55N/c1-7-20-57-49(8-2)51-35-31-46(44-23-13-10-14-24-44)40-63(51)68(57)58-28-18-16-26-55(58)65-59(68)29-19-30-64(65)69(47-33-37-53-50-25-15-17-27-56(50)66(3,4)61(53)41-47)48-34-38-54-52-36-32-45(43-21-11-9-12-22-43)39-60(52)67(5,6)62(54)42-48/h7,9-42H,8H2,1-6H3/b20-7-. The third-order valence-corrected chi connectivity index (χ3v) is 16.4. The summed E-state index contributed by atoms with van der Waals surface area (Å²) in [4.78, 5) is 2.60. The van der Waals surface area contributed by atoms with Gasteiger partial charge in [0.2, 0.25) is 0 Å². The van der Waals surface area contributed by atoms with Gasteiger partial charge in [-0.3, -0.25) is 0 Å². The summed E-state index contributed by atoms with van der Waals surface area (Å²) in [5, 5.41) is 0. The van der Waals surface area contributed by atoms with Crippen molar-refractivity contribution < 1.29 is 0 Å². The van der Waals surface area contributed by atoms with Crippen LogP contribution in [0.25, 0.3) is 61.2 Å². The molecule has 0 saturated carbocycles. The van der Waals surface area contributed by atoms with Crippen molar-refractivity contribution in [3.8, 4) is 55.6 Å². The minimum Gasteiger partial charge on any atom is -0.310 e. The molecule has 0 heterocycles. The van der Waals surface area contributed by atoms with Gasteiger partial charge in [0.15, 0.2) is 0 Å². The van der Waals surface area contributed by atoms with Gasteiger partial charge in [-0.2, -0.15) is 0 Å². The van der Waals surface area contributed by atoms with Crippen LogP contribution in [0.2, 0.25) is 0 Å². The normalized spacial score (nSPS) is 17.1. The number of rotatable bonds is 7. The highest BCUT2D eigenvalue weighted by Gasteiger charge is 2.53. The van der Waals surface area contributed by atoms with E-state index >= 15 is 0 Å². The van der Waals surface area contributed by atoms with Crippen molar-refractivity contribution in [2.24, 2.45) is 0 Å². The molecule has 0 N–H and O–H groups in total. The molecule has 332 valence electrons. The zero-order valence-electron chi connectivity index (χ0n) is 40.4. The van der Waals surface area contributed by atoms with Crippen molar-refractivity contribution in [3.63, 3.8) is 0 Å². The molecule has 0 aromatic heterocycles. The molecule has 1 unspecified atom stereocenters. The largest absolute Gasteiger partial charge is 0.310 e. The summed E-state index contributed by atoms with van der Waals surface area (Å²) in [7, 11) is 0. The summed E-state index contributed by atoms with van der Waals surface area (Å²) < 4.78 is 0. The third kappa shape index (κ3) is 5.71. The van der Waals surface area contributed by atoms with Crippen LogP contribution < -0.4 is 4.90 Å². The van der Waals surface area contributed by atoms with E-state index in [1.165, 1.54) is 117 Å². The molecule has 13 rings (SSSR count). The van der Waals surface area contributed by atoms with Crippen LogP contribution >= 0.6 is 0 Å². The summed E-state index contributed by atoms with van der Waals surface area (Å²) in [6.07, 6.45) is 5.61. The molecular weight excluding hydrogens is 831 g/mol. The Kier molecular flexibility index (Phi) is 9.09. The zero-order chi connectivity index (χ0) is 46.8. The van der Waals surface area contributed by atoms with E-state index in [4.69, 9.17) is 0 Å². The van der Waals surface area contributed by atoms with Crippen molar-refractivity contribution >= 4 is 22.6 Å². The first kappa shape index (κ1) is 41.4. The maximum atomic E-state index is 2.60. The zero-order valence-corrected chi connectivity index (χ0v) is 40.4. The number of anilines is 3. The lowest BCUT2D eigenvalue weighted by molar-refractivity contribution is 0.660. The first-order chi connectivity index (χ1) is 33.7. The van der Waals surface area contributed by atoms with Crippen molar-refractivity contribution in [1.29, 1.82) is 0 Å². The second-order valence-corrected chi connectivity index (χ2v) is 20.6. The topological polar surface area (TPSA) is 3.24 Å². The Labute approximate surface area is 407 Å². The second kappa shape index (κ2) is 15.1. The van der Waals surface area contributed by atoms with E-state index in [1.54, 1.807) is 0 Å². The fourth-order valence-electron chi connectivity index (χ4n) is 13.2. The Morgan fingerprint density at radius 1 is 0.391 bits per heavy atom. The smallest absolute Gasteiger partial charge is 0.0723 e. The van der Waals surface area contributed by atoms with Crippen molar-refractivity contribution in [2.45, 2.75) is 64.2 Å². The van der Waals surface area contributed by atoms with E-state index in [0.717, 1.165) is 17.8 Å². The van der Waals surface area contributed by atoms with Crippen LogP contribution in [0.3, 0.4) is 0 Å². The molecule has 0 aliphatic heterocycles. The molecule has 0 amide bonds. The van der Waals surface area contributed by atoms with Gasteiger partial charge in [-0.15, -0.1) is 0 Å². The van der Waals surface area contributed by atoms with Gasteiger partial charge < -0.3 is 4.90 Å². The van der Waals surface area contributed by atoms with Gasteiger partial charge in [0.05, 0.1) is 11.1 Å². The average Bonchev–Trinajstić information content (AvgIpc) is 4.01. The molecule has 9 aromatic carbocycles. The molecule has 0 fully saturated rings. The summed E-state index contributed by atoms with van der Waals surface area (Å²) >= 11 is 0. The minimum absolute atomic E-state index is 0.159. The maximum absolute atomic E-state index is 2.60. The number of allylic oxidation sites excluding steroid dienone is 4. The second-order valence-electron chi connectivity index (χ2n) is 20.6. The fourth-order valence-corrected chi connectivity index (χ4v) is 13.2. The molecule has 0 saturated heterocycles. The van der Waals surface area contributed by atoms with Crippen molar-refractivity contribution in [2.75, 3.05) is 4.90 Å². The van der Waals surface area contributed by atoms with E-state index in [0.29, 0.717) is 0 Å². The van der Waals surface area contributed by atoms with Gasteiger partial charge in [0.25, 0.3) is 0 Å². The Bertz CT molecular complexity index is 3660. The molecule has 69 heavy (non-hydrogen) atoms. The summed E-state index contributed by atoms with van der Waals surface area (Å²) in [6, 6.07) is 76.1. The quantitative estimate of drug-likeness (QED) is 0.154. The maximum Gasteiger partial charge on any atom is 0.0723 e. The van der Waals surface area contributed by atoms with Crippen LogP contribution in [-0.2, 0) is 16.2 Å². The molecular formula is C68H55N. The van der Waals surface area contributed by atoms with E-state index in [-0.39, 0.29) is 10.8 Å². The monoisotopic (exact) mass is 885 g/mol. The van der Waals surface area contributed by atoms with E-state index in [2.05, 4.69) is 259 Å². The lowest BCUT2D eigenvalue weighted by atomic mass is 9.69. The molecule has 1 spiro atoms. The number of hydrogen-bond donors (Lipinski definition) is 0. The van der Waals surface area contributed by atoms with Crippen LogP contribution in [0.1, 0.15) is 92.5 Å². The van der Waals surface area contributed by atoms with Crippen LogP contribution in [0.4, 0.5) is 17.1 Å². The highest BCUT2D eigenvalue weighted by atomic mass is 15.1. The average molecular weight is 886 g/mol. The van der Waals surface area contributed by atoms with Gasteiger partial charge in [0.1, 0.15) is 0 Å².